The predicted octanol–water partition coefficient (Wildman–Crippen LogP) is 2.99. The highest BCUT2D eigenvalue weighted by Gasteiger charge is 2.03. The van der Waals surface area contributed by atoms with E-state index in [0.717, 1.165) is 16.3 Å². The Labute approximate surface area is 125 Å². The highest BCUT2D eigenvalue weighted by Crippen LogP contribution is 2.20. The van der Waals surface area contributed by atoms with Crippen molar-refractivity contribution in [1.29, 1.82) is 0 Å². The topological polar surface area (TPSA) is 63.2 Å². The molecule has 0 atom stereocenters. The molecule has 0 saturated heterocycles. The first-order valence-corrected chi connectivity index (χ1v) is 7.10. The smallest absolute Gasteiger partial charge is 0.250 e. The van der Waals surface area contributed by atoms with Crippen molar-refractivity contribution in [2.45, 2.75) is 6.54 Å². The highest BCUT2D eigenvalue weighted by atomic mass is 35.5. The fourth-order valence-corrected chi connectivity index (χ4v) is 2.51. The third-order valence-electron chi connectivity index (χ3n) is 2.41. The molecular weight excluding hydrogens is 298 g/mol. The Kier molecular flexibility index (Phi) is 5.34. The second-order valence-corrected chi connectivity index (χ2v) is 5.69. The molecule has 20 heavy (non-hydrogen) atoms. The van der Waals surface area contributed by atoms with Gasteiger partial charge in [-0.25, -0.2) is 4.98 Å². The maximum absolute atomic E-state index is 11.4. The Hall–Kier alpha value is -1.63. The molecule has 7 heteroatoms. The first-order chi connectivity index (χ1) is 9.67. The number of rotatable bonds is 6. The standard InChI is InChI=1S/C13H14ClN3O2S/c1-19-8-12(18)17-10-4-2-3-9(5-10)15-6-11-7-16-13(14)20-11/h2-5,7,15H,6,8H2,1H3,(H,17,18). The largest absolute Gasteiger partial charge is 0.380 e. The zero-order valence-electron chi connectivity index (χ0n) is 10.9. The van der Waals surface area contributed by atoms with Gasteiger partial charge in [-0.1, -0.05) is 17.7 Å². The van der Waals surface area contributed by atoms with Crippen molar-refractivity contribution in [1.82, 2.24) is 4.98 Å². The molecule has 0 saturated carbocycles. The fraction of sp³-hybridized carbons (Fsp3) is 0.231. The summed E-state index contributed by atoms with van der Waals surface area (Å²) < 4.78 is 5.30. The molecule has 2 rings (SSSR count). The van der Waals surface area contributed by atoms with Crippen LogP contribution in [0.25, 0.3) is 0 Å². The van der Waals surface area contributed by atoms with Crippen LogP contribution in [0.4, 0.5) is 11.4 Å². The van der Waals surface area contributed by atoms with Gasteiger partial charge in [0.15, 0.2) is 4.47 Å². The number of amides is 1. The lowest BCUT2D eigenvalue weighted by Gasteiger charge is -2.08. The molecule has 0 bridgehead atoms. The van der Waals surface area contributed by atoms with Crippen LogP contribution < -0.4 is 10.6 Å². The summed E-state index contributed by atoms with van der Waals surface area (Å²) in [5, 5.41) is 6.00. The summed E-state index contributed by atoms with van der Waals surface area (Å²) in [6.07, 6.45) is 1.74. The molecule has 0 radical (unpaired) electrons. The quantitative estimate of drug-likeness (QED) is 0.861. The number of benzene rings is 1. The van der Waals surface area contributed by atoms with E-state index in [1.165, 1.54) is 18.4 Å². The number of aromatic nitrogens is 1. The molecule has 106 valence electrons. The van der Waals surface area contributed by atoms with Crippen LogP contribution >= 0.6 is 22.9 Å². The van der Waals surface area contributed by atoms with Crippen LogP contribution in [-0.2, 0) is 16.1 Å². The van der Waals surface area contributed by atoms with Crippen molar-refractivity contribution >= 4 is 40.2 Å². The Balaban J connectivity index is 1.93. The van der Waals surface area contributed by atoms with E-state index in [0.29, 0.717) is 11.0 Å². The maximum atomic E-state index is 11.4. The molecule has 2 aromatic rings. The van der Waals surface area contributed by atoms with Gasteiger partial charge in [-0.15, -0.1) is 11.3 Å². The molecule has 0 aliphatic heterocycles. The predicted molar refractivity (Wildman–Crippen MR) is 81.4 cm³/mol. The zero-order chi connectivity index (χ0) is 14.4. The zero-order valence-corrected chi connectivity index (χ0v) is 12.4. The van der Waals surface area contributed by atoms with Crippen molar-refractivity contribution in [3.8, 4) is 0 Å². The number of nitrogens with zero attached hydrogens (tertiary/aromatic N) is 1. The summed E-state index contributed by atoms with van der Waals surface area (Å²) in [5.41, 5.74) is 1.63. The monoisotopic (exact) mass is 311 g/mol. The second kappa shape index (κ2) is 7.23. The third kappa shape index (κ3) is 4.48. The van der Waals surface area contributed by atoms with Crippen LogP contribution in [0.1, 0.15) is 4.88 Å². The van der Waals surface area contributed by atoms with Crippen LogP contribution in [0.15, 0.2) is 30.5 Å². The van der Waals surface area contributed by atoms with Gasteiger partial charge in [-0.3, -0.25) is 4.79 Å². The van der Waals surface area contributed by atoms with Crippen molar-refractivity contribution in [2.24, 2.45) is 0 Å². The average molecular weight is 312 g/mol. The minimum absolute atomic E-state index is 0.0387. The van der Waals surface area contributed by atoms with Gasteiger partial charge in [0.1, 0.15) is 6.61 Å². The normalized spacial score (nSPS) is 10.3. The summed E-state index contributed by atoms with van der Waals surface area (Å²) in [6, 6.07) is 7.47. The van der Waals surface area contributed by atoms with Crippen molar-refractivity contribution in [2.75, 3.05) is 24.4 Å². The Morgan fingerprint density at radius 3 is 2.95 bits per heavy atom. The molecule has 1 heterocycles. The molecule has 0 spiro atoms. The molecule has 2 N–H and O–H groups in total. The number of anilines is 2. The van der Waals surface area contributed by atoms with Crippen LogP contribution in [0.5, 0.6) is 0 Å². The molecule has 0 aliphatic carbocycles. The number of carbonyl (C=O) groups excluding carboxylic acids is 1. The number of thiazole rings is 1. The van der Waals surface area contributed by atoms with Gasteiger partial charge >= 0.3 is 0 Å². The molecule has 0 aliphatic rings. The van der Waals surface area contributed by atoms with E-state index in [2.05, 4.69) is 15.6 Å². The first-order valence-electron chi connectivity index (χ1n) is 5.90. The lowest BCUT2D eigenvalue weighted by Crippen LogP contribution is -2.17. The van der Waals surface area contributed by atoms with E-state index < -0.39 is 0 Å². The number of nitrogens with one attached hydrogen (secondary N) is 2. The average Bonchev–Trinajstić information content (AvgIpc) is 2.83. The number of halogens is 1. The van der Waals surface area contributed by atoms with Crippen LogP contribution in [0.2, 0.25) is 4.47 Å². The Morgan fingerprint density at radius 2 is 2.25 bits per heavy atom. The lowest BCUT2D eigenvalue weighted by molar-refractivity contribution is -0.119. The Bertz CT molecular complexity index is 589. The summed E-state index contributed by atoms with van der Waals surface area (Å²) in [5.74, 6) is -0.182. The summed E-state index contributed by atoms with van der Waals surface area (Å²) in [4.78, 5) is 16.5. The molecule has 1 aromatic heterocycles. The van der Waals surface area contributed by atoms with Gasteiger partial charge in [0.2, 0.25) is 5.91 Å². The van der Waals surface area contributed by atoms with Crippen molar-refractivity contribution < 1.29 is 9.53 Å². The van der Waals surface area contributed by atoms with E-state index in [1.807, 2.05) is 24.3 Å². The van der Waals surface area contributed by atoms with Crippen LogP contribution in [-0.4, -0.2) is 24.6 Å². The SMILES string of the molecule is COCC(=O)Nc1cccc(NCc2cnc(Cl)s2)c1. The molecule has 1 aromatic carbocycles. The highest BCUT2D eigenvalue weighted by molar-refractivity contribution is 7.15. The van der Waals surface area contributed by atoms with Gasteiger partial charge in [0.25, 0.3) is 0 Å². The number of hydrogen-bond donors (Lipinski definition) is 2. The molecule has 1 amide bonds. The number of ether oxygens (including phenoxy) is 1. The number of hydrogen-bond acceptors (Lipinski definition) is 5. The third-order valence-corrected chi connectivity index (χ3v) is 3.53. The molecular formula is C13H14ClN3O2S. The summed E-state index contributed by atoms with van der Waals surface area (Å²) in [7, 11) is 1.48. The maximum Gasteiger partial charge on any atom is 0.250 e. The van der Waals surface area contributed by atoms with Crippen LogP contribution in [0.3, 0.4) is 0 Å². The van der Waals surface area contributed by atoms with Gasteiger partial charge in [-0.2, -0.15) is 0 Å². The lowest BCUT2D eigenvalue weighted by atomic mass is 10.2. The van der Waals surface area contributed by atoms with Gasteiger partial charge in [0, 0.05) is 29.6 Å². The molecule has 5 nitrogen and oxygen atoms in total. The van der Waals surface area contributed by atoms with E-state index in [-0.39, 0.29) is 12.5 Å². The van der Waals surface area contributed by atoms with Gasteiger partial charge in [-0.05, 0) is 18.2 Å². The summed E-state index contributed by atoms with van der Waals surface area (Å²) in [6.45, 7) is 0.677. The Morgan fingerprint density at radius 1 is 1.45 bits per heavy atom. The summed E-state index contributed by atoms with van der Waals surface area (Å²) >= 11 is 7.21. The molecule has 0 fully saturated rings. The first kappa shape index (κ1) is 14.8. The van der Waals surface area contributed by atoms with Crippen molar-refractivity contribution in [3.63, 3.8) is 0 Å². The van der Waals surface area contributed by atoms with E-state index >= 15 is 0 Å². The van der Waals surface area contributed by atoms with E-state index in [1.54, 1.807) is 6.20 Å². The fourth-order valence-electron chi connectivity index (χ4n) is 1.59. The van der Waals surface area contributed by atoms with Crippen molar-refractivity contribution in [3.05, 3.63) is 39.8 Å². The minimum Gasteiger partial charge on any atom is -0.380 e. The second-order valence-electron chi connectivity index (χ2n) is 4.00. The van der Waals surface area contributed by atoms with Crippen LogP contribution in [0, 0.1) is 0 Å². The van der Waals surface area contributed by atoms with E-state index in [4.69, 9.17) is 16.3 Å². The van der Waals surface area contributed by atoms with Gasteiger partial charge < -0.3 is 15.4 Å². The van der Waals surface area contributed by atoms with E-state index in [9.17, 15) is 4.79 Å². The van der Waals surface area contributed by atoms with Gasteiger partial charge in [0.05, 0.1) is 6.54 Å². The minimum atomic E-state index is -0.182. The number of carbonyl (C=O) groups is 1. The number of methoxy groups -OCH3 is 1. The molecule has 0 unspecified atom stereocenters.